The van der Waals surface area contributed by atoms with Crippen LogP contribution in [-0.4, -0.2) is 0 Å². The molecule has 0 amide bonds. The molecule has 0 aliphatic heterocycles. The van der Waals surface area contributed by atoms with Crippen LogP contribution in [0.3, 0.4) is 0 Å². The third-order valence-corrected chi connectivity index (χ3v) is 4.33. The fourth-order valence-corrected chi connectivity index (χ4v) is 3.31. The molecule has 0 radical (unpaired) electrons. The average Bonchev–Trinajstić information content (AvgIpc) is 2.14. The van der Waals surface area contributed by atoms with E-state index < -0.39 is 0 Å². The van der Waals surface area contributed by atoms with Gasteiger partial charge in [0.15, 0.2) is 0 Å². The normalized spacial score (nSPS) is 45.5. The molecule has 0 aromatic heterocycles. The smallest absolute Gasteiger partial charge is 0.0380 e. The summed E-state index contributed by atoms with van der Waals surface area (Å²) in [4.78, 5) is 0. The summed E-state index contributed by atoms with van der Waals surface area (Å²) < 4.78 is 0. The van der Waals surface area contributed by atoms with Crippen molar-refractivity contribution in [2.24, 2.45) is 23.7 Å². The molecule has 3 aliphatic rings. The molecule has 3 saturated carbocycles. The maximum atomic E-state index is 2.47. The SMILES string of the molecule is CCCCC1CC2CC(C1)C2C. The van der Waals surface area contributed by atoms with E-state index in [0.29, 0.717) is 0 Å². The number of fused-ring (bicyclic) bond motifs is 2. The van der Waals surface area contributed by atoms with Crippen molar-refractivity contribution in [3.8, 4) is 0 Å². The summed E-state index contributed by atoms with van der Waals surface area (Å²) in [6.45, 7) is 4.78. The Morgan fingerprint density at radius 2 is 1.75 bits per heavy atom. The van der Waals surface area contributed by atoms with E-state index >= 15 is 0 Å². The Balaban J connectivity index is 1.75. The maximum Gasteiger partial charge on any atom is -0.0380 e. The average molecular weight is 166 g/mol. The van der Waals surface area contributed by atoms with E-state index in [9.17, 15) is 0 Å². The molecule has 0 saturated heterocycles. The molecule has 3 rings (SSSR count). The van der Waals surface area contributed by atoms with Crippen molar-refractivity contribution in [1.29, 1.82) is 0 Å². The maximum absolute atomic E-state index is 2.47. The first kappa shape index (κ1) is 8.59. The minimum Gasteiger partial charge on any atom is -0.0654 e. The van der Waals surface area contributed by atoms with Gasteiger partial charge in [0.2, 0.25) is 0 Å². The van der Waals surface area contributed by atoms with Gasteiger partial charge in [0.25, 0.3) is 0 Å². The summed E-state index contributed by atoms with van der Waals surface area (Å²) in [6, 6.07) is 0. The molecule has 0 aromatic rings. The van der Waals surface area contributed by atoms with Crippen LogP contribution in [0.25, 0.3) is 0 Å². The molecule has 70 valence electrons. The second-order valence-corrected chi connectivity index (χ2v) is 5.09. The monoisotopic (exact) mass is 166 g/mol. The lowest BCUT2D eigenvalue weighted by molar-refractivity contribution is -0.00984. The first-order valence-corrected chi connectivity index (χ1v) is 5.81. The molecule has 0 spiro atoms. The second-order valence-electron chi connectivity index (χ2n) is 5.09. The summed E-state index contributed by atoms with van der Waals surface area (Å²) in [5.41, 5.74) is 0. The van der Waals surface area contributed by atoms with Crippen LogP contribution in [0.5, 0.6) is 0 Å². The molecule has 2 atom stereocenters. The van der Waals surface area contributed by atoms with Crippen molar-refractivity contribution in [2.75, 3.05) is 0 Å². The van der Waals surface area contributed by atoms with Gasteiger partial charge in [-0.15, -0.1) is 0 Å². The molecule has 2 unspecified atom stereocenters. The van der Waals surface area contributed by atoms with Gasteiger partial charge in [-0.3, -0.25) is 0 Å². The third kappa shape index (κ3) is 1.41. The Hall–Kier alpha value is 0. The van der Waals surface area contributed by atoms with Crippen LogP contribution in [0.1, 0.15) is 52.4 Å². The highest BCUT2D eigenvalue weighted by Crippen LogP contribution is 2.53. The van der Waals surface area contributed by atoms with E-state index in [1.165, 1.54) is 19.3 Å². The van der Waals surface area contributed by atoms with Gasteiger partial charge in [-0.05, 0) is 42.9 Å². The highest BCUT2D eigenvalue weighted by atomic mass is 14.5. The lowest BCUT2D eigenvalue weighted by atomic mass is 9.54. The van der Waals surface area contributed by atoms with Crippen molar-refractivity contribution >= 4 is 0 Å². The van der Waals surface area contributed by atoms with E-state index in [2.05, 4.69) is 13.8 Å². The van der Waals surface area contributed by atoms with Gasteiger partial charge in [0.1, 0.15) is 0 Å². The van der Waals surface area contributed by atoms with Gasteiger partial charge < -0.3 is 0 Å². The molecular formula is C12H22. The number of hydrogen-bond acceptors (Lipinski definition) is 0. The zero-order chi connectivity index (χ0) is 8.55. The minimum absolute atomic E-state index is 1.09. The standard InChI is InChI=1S/C12H22/c1-3-4-5-10-6-11-8-12(7-10)9(11)2/h9-12H,3-8H2,1-2H3. The highest BCUT2D eigenvalue weighted by molar-refractivity contribution is 4.93. The summed E-state index contributed by atoms with van der Waals surface area (Å²) in [6.07, 6.45) is 9.09. The number of unbranched alkanes of at least 4 members (excludes halogenated alkanes) is 1. The predicted octanol–water partition coefficient (Wildman–Crippen LogP) is 3.86. The van der Waals surface area contributed by atoms with Crippen molar-refractivity contribution in [3.05, 3.63) is 0 Å². The highest BCUT2D eigenvalue weighted by Gasteiger charge is 2.43. The molecule has 0 N–H and O–H groups in total. The minimum atomic E-state index is 1.09. The zero-order valence-electron chi connectivity index (χ0n) is 8.55. The molecule has 2 bridgehead atoms. The van der Waals surface area contributed by atoms with Crippen LogP contribution < -0.4 is 0 Å². The van der Waals surface area contributed by atoms with E-state index in [1.807, 2.05) is 0 Å². The van der Waals surface area contributed by atoms with E-state index in [4.69, 9.17) is 0 Å². The Kier molecular flexibility index (Phi) is 2.43. The van der Waals surface area contributed by atoms with Crippen LogP contribution in [0, 0.1) is 23.7 Å². The Labute approximate surface area is 76.7 Å². The molecule has 0 heterocycles. The molecule has 0 nitrogen and oxygen atoms in total. The van der Waals surface area contributed by atoms with Crippen LogP contribution in [-0.2, 0) is 0 Å². The summed E-state index contributed by atoms with van der Waals surface area (Å²) >= 11 is 0. The predicted molar refractivity (Wildman–Crippen MR) is 53.0 cm³/mol. The molecule has 12 heavy (non-hydrogen) atoms. The second kappa shape index (κ2) is 3.40. The number of rotatable bonds is 3. The molecule has 0 heteroatoms. The van der Waals surface area contributed by atoms with Crippen molar-refractivity contribution in [2.45, 2.75) is 52.4 Å². The first-order chi connectivity index (χ1) is 5.81. The van der Waals surface area contributed by atoms with E-state index in [0.717, 1.165) is 23.7 Å². The summed E-state index contributed by atoms with van der Waals surface area (Å²) in [7, 11) is 0. The van der Waals surface area contributed by atoms with Gasteiger partial charge in [-0.1, -0.05) is 33.1 Å². The molecule has 0 aromatic carbocycles. The topological polar surface area (TPSA) is 0 Å². The van der Waals surface area contributed by atoms with Crippen molar-refractivity contribution in [1.82, 2.24) is 0 Å². The van der Waals surface area contributed by atoms with Crippen molar-refractivity contribution < 1.29 is 0 Å². The van der Waals surface area contributed by atoms with Gasteiger partial charge in [0, 0.05) is 0 Å². The van der Waals surface area contributed by atoms with E-state index in [1.54, 1.807) is 19.3 Å². The number of hydrogen-bond donors (Lipinski definition) is 0. The Morgan fingerprint density at radius 1 is 1.08 bits per heavy atom. The van der Waals surface area contributed by atoms with Crippen LogP contribution >= 0.6 is 0 Å². The quantitative estimate of drug-likeness (QED) is 0.597. The van der Waals surface area contributed by atoms with Gasteiger partial charge in [-0.2, -0.15) is 0 Å². The molecule has 3 fully saturated rings. The first-order valence-electron chi connectivity index (χ1n) is 5.81. The van der Waals surface area contributed by atoms with Crippen LogP contribution in [0.2, 0.25) is 0 Å². The third-order valence-electron chi connectivity index (χ3n) is 4.33. The summed E-state index contributed by atoms with van der Waals surface area (Å²) in [5.74, 6) is 4.46. The fraction of sp³-hybridized carbons (Fsp3) is 1.00. The lowest BCUT2D eigenvalue weighted by Gasteiger charge is -2.51. The molecular weight excluding hydrogens is 144 g/mol. The van der Waals surface area contributed by atoms with Gasteiger partial charge in [0.05, 0.1) is 0 Å². The zero-order valence-corrected chi connectivity index (χ0v) is 8.55. The summed E-state index contributed by atoms with van der Waals surface area (Å²) in [5, 5.41) is 0. The van der Waals surface area contributed by atoms with Crippen LogP contribution in [0.4, 0.5) is 0 Å². The molecule has 3 aliphatic carbocycles. The Morgan fingerprint density at radius 3 is 2.25 bits per heavy atom. The van der Waals surface area contributed by atoms with E-state index in [-0.39, 0.29) is 0 Å². The van der Waals surface area contributed by atoms with Crippen molar-refractivity contribution in [3.63, 3.8) is 0 Å². The Bertz CT molecular complexity index is 138. The van der Waals surface area contributed by atoms with Crippen LogP contribution in [0.15, 0.2) is 0 Å². The van der Waals surface area contributed by atoms with Gasteiger partial charge in [-0.25, -0.2) is 0 Å². The van der Waals surface area contributed by atoms with Gasteiger partial charge >= 0.3 is 0 Å². The fourth-order valence-electron chi connectivity index (χ4n) is 3.31. The lowest BCUT2D eigenvalue weighted by Crippen LogP contribution is -2.42. The largest absolute Gasteiger partial charge is 0.0654 e.